The Balaban J connectivity index is 2.11. The van der Waals surface area contributed by atoms with Gasteiger partial charge in [0.15, 0.2) is 0 Å². The van der Waals surface area contributed by atoms with Crippen molar-refractivity contribution in [1.29, 1.82) is 0 Å². The fourth-order valence-electron chi connectivity index (χ4n) is 2.93. The van der Waals surface area contributed by atoms with Gasteiger partial charge in [-0.2, -0.15) is 4.31 Å². The lowest BCUT2D eigenvalue weighted by Crippen LogP contribution is -2.48. The number of nitrogens with zero attached hydrogens (tertiary/aromatic N) is 2. The summed E-state index contributed by atoms with van der Waals surface area (Å²) in [5.41, 5.74) is 0. The number of rotatable bonds is 6. The molecule has 0 bridgehead atoms. The molecule has 1 aromatic rings. The Kier molecular flexibility index (Phi) is 5.89. The standard InChI is InChI=1S/C15H20F2N2O4S/c1-2-18(10-15(20)21)12-5-7-19(8-6-12)24(22,23)14-9-11(16)3-4-13(14)17/h3-4,9,12H,2,5-8,10H2,1H3,(H,20,21). The second-order valence-electron chi connectivity index (χ2n) is 5.67. The number of likely N-dealkylation sites (N-methyl/N-ethyl adjacent to an activating group) is 1. The Morgan fingerprint density at radius 2 is 1.96 bits per heavy atom. The molecule has 2 rings (SSSR count). The van der Waals surface area contributed by atoms with Crippen LogP contribution in [0.15, 0.2) is 23.1 Å². The minimum Gasteiger partial charge on any atom is -0.480 e. The highest BCUT2D eigenvalue weighted by atomic mass is 32.2. The van der Waals surface area contributed by atoms with Crippen molar-refractivity contribution in [2.75, 3.05) is 26.2 Å². The van der Waals surface area contributed by atoms with E-state index in [1.165, 1.54) is 0 Å². The van der Waals surface area contributed by atoms with Gasteiger partial charge in [-0.05, 0) is 37.6 Å². The van der Waals surface area contributed by atoms with Gasteiger partial charge < -0.3 is 5.11 Å². The van der Waals surface area contributed by atoms with Crippen LogP contribution in [0.2, 0.25) is 0 Å². The van der Waals surface area contributed by atoms with Gasteiger partial charge in [-0.25, -0.2) is 17.2 Å². The van der Waals surface area contributed by atoms with Gasteiger partial charge in [-0.1, -0.05) is 6.92 Å². The van der Waals surface area contributed by atoms with Crippen molar-refractivity contribution in [3.8, 4) is 0 Å². The zero-order chi connectivity index (χ0) is 17.9. The minimum atomic E-state index is -4.11. The average Bonchev–Trinajstić information content (AvgIpc) is 2.54. The summed E-state index contributed by atoms with van der Waals surface area (Å²) in [6.07, 6.45) is 0.884. The average molecular weight is 362 g/mol. The van der Waals surface area contributed by atoms with E-state index in [0.29, 0.717) is 25.5 Å². The molecular weight excluding hydrogens is 342 g/mol. The summed E-state index contributed by atoms with van der Waals surface area (Å²) >= 11 is 0. The van der Waals surface area contributed by atoms with E-state index in [1.54, 1.807) is 4.90 Å². The number of aliphatic carboxylic acids is 1. The SMILES string of the molecule is CCN(CC(=O)O)C1CCN(S(=O)(=O)c2cc(F)ccc2F)CC1. The summed E-state index contributed by atoms with van der Waals surface area (Å²) in [7, 11) is -4.11. The second kappa shape index (κ2) is 7.54. The number of piperidine rings is 1. The Labute approximate surface area is 139 Å². The Morgan fingerprint density at radius 3 is 2.50 bits per heavy atom. The topological polar surface area (TPSA) is 77.9 Å². The highest BCUT2D eigenvalue weighted by Gasteiger charge is 2.33. The van der Waals surface area contributed by atoms with E-state index in [1.807, 2.05) is 6.92 Å². The van der Waals surface area contributed by atoms with Gasteiger partial charge in [-0.15, -0.1) is 0 Å². The van der Waals surface area contributed by atoms with Crippen molar-refractivity contribution in [2.45, 2.75) is 30.7 Å². The number of hydrogen-bond donors (Lipinski definition) is 1. The van der Waals surface area contributed by atoms with Crippen molar-refractivity contribution in [3.63, 3.8) is 0 Å². The van der Waals surface area contributed by atoms with Crippen LogP contribution in [0.1, 0.15) is 19.8 Å². The first-order chi connectivity index (χ1) is 11.3. The third-order valence-electron chi connectivity index (χ3n) is 4.20. The van der Waals surface area contributed by atoms with Crippen LogP contribution >= 0.6 is 0 Å². The van der Waals surface area contributed by atoms with Gasteiger partial charge in [0, 0.05) is 19.1 Å². The summed E-state index contributed by atoms with van der Waals surface area (Å²) in [5.74, 6) is -2.74. The van der Waals surface area contributed by atoms with Crippen LogP contribution in [0, 0.1) is 11.6 Å². The molecule has 0 aliphatic carbocycles. The molecule has 0 amide bonds. The zero-order valence-electron chi connectivity index (χ0n) is 13.3. The highest BCUT2D eigenvalue weighted by Crippen LogP contribution is 2.25. The number of carbonyl (C=O) groups is 1. The van der Waals surface area contributed by atoms with Gasteiger partial charge in [0.2, 0.25) is 10.0 Å². The van der Waals surface area contributed by atoms with E-state index in [0.717, 1.165) is 16.4 Å². The highest BCUT2D eigenvalue weighted by molar-refractivity contribution is 7.89. The number of halogens is 2. The maximum absolute atomic E-state index is 13.8. The first-order valence-electron chi connectivity index (χ1n) is 7.66. The fraction of sp³-hybridized carbons (Fsp3) is 0.533. The lowest BCUT2D eigenvalue weighted by atomic mass is 10.0. The van der Waals surface area contributed by atoms with Crippen molar-refractivity contribution >= 4 is 16.0 Å². The smallest absolute Gasteiger partial charge is 0.317 e. The lowest BCUT2D eigenvalue weighted by molar-refractivity contribution is -0.139. The Hall–Kier alpha value is -1.58. The monoisotopic (exact) mass is 362 g/mol. The largest absolute Gasteiger partial charge is 0.480 e. The molecule has 0 saturated carbocycles. The maximum atomic E-state index is 13.8. The molecule has 1 aliphatic heterocycles. The molecule has 1 heterocycles. The van der Waals surface area contributed by atoms with Gasteiger partial charge in [0.05, 0.1) is 6.54 Å². The summed E-state index contributed by atoms with van der Waals surface area (Å²) in [6.45, 7) is 2.56. The molecule has 1 aromatic carbocycles. The van der Waals surface area contributed by atoms with Crippen LogP contribution in [0.3, 0.4) is 0 Å². The molecule has 0 unspecified atom stereocenters. The molecule has 0 atom stereocenters. The zero-order valence-corrected chi connectivity index (χ0v) is 14.1. The van der Waals surface area contributed by atoms with Crippen LogP contribution in [-0.4, -0.2) is 60.9 Å². The van der Waals surface area contributed by atoms with E-state index in [9.17, 15) is 22.0 Å². The molecule has 0 aromatic heterocycles. The van der Waals surface area contributed by atoms with Gasteiger partial charge in [-0.3, -0.25) is 9.69 Å². The van der Waals surface area contributed by atoms with Crippen LogP contribution in [0.4, 0.5) is 8.78 Å². The number of benzene rings is 1. The normalized spacial score (nSPS) is 17.3. The number of hydrogen-bond acceptors (Lipinski definition) is 4. The van der Waals surface area contributed by atoms with Crippen LogP contribution < -0.4 is 0 Å². The minimum absolute atomic E-state index is 0.0464. The van der Waals surface area contributed by atoms with Crippen LogP contribution in [0.5, 0.6) is 0 Å². The summed E-state index contributed by atoms with van der Waals surface area (Å²) in [6, 6.07) is 2.29. The van der Waals surface area contributed by atoms with E-state index >= 15 is 0 Å². The molecule has 1 N–H and O–H groups in total. The Bertz CT molecular complexity index is 703. The summed E-state index contributed by atoms with van der Waals surface area (Å²) in [5, 5.41) is 8.91. The van der Waals surface area contributed by atoms with Crippen LogP contribution in [-0.2, 0) is 14.8 Å². The Morgan fingerprint density at radius 1 is 1.33 bits per heavy atom. The third kappa shape index (κ3) is 4.08. The predicted molar refractivity (Wildman–Crippen MR) is 83.0 cm³/mol. The first-order valence-corrected chi connectivity index (χ1v) is 9.10. The van der Waals surface area contributed by atoms with E-state index < -0.39 is 32.5 Å². The molecule has 0 radical (unpaired) electrons. The molecule has 6 nitrogen and oxygen atoms in total. The van der Waals surface area contributed by atoms with Gasteiger partial charge in [0.25, 0.3) is 0 Å². The molecule has 1 saturated heterocycles. The third-order valence-corrected chi connectivity index (χ3v) is 6.11. The molecule has 0 spiro atoms. The van der Waals surface area contributed by atoms with Gasteiger partial charge in [0.1, 0.15) is 16.5 Å². The fourth-order valence-corrected chi connectivity index (χ4v) is 4.48. The molecular formula is C15H20F2N2O4S. The summed E-state index contributed by atoms with van der Waals surface area (Å²) < 4.78 is 53.2. The number of sulfonamides is 1. The van der Waals surface area contributed by atoms with Crippen molar-refractivity contribution in [2.24, 2.45) is 0 Å². The first kappa shape index (κ1) is 18.8. The predicted octanol–water partition coefficient (Wildman–Crippen LogP) is 1.52. The quantitative estimate of drug-likeness (QED) is 0.830. The second-order valence-corrected chi connectivity index (χ2v) is 7.57. The van der Waals surface area contributed by atoms with Crippen molar-refractivity contribution in [3.05, 3.63) is 29.8 Å². The molecule has 9 heteroatoms. The molecule has 1 aliphatic rings. The lowest BCUT2D eigenvalue weighted by Gasteiger charge is -2.36. The maximum Gasteiger partial charge on any atom is 0.317 e. The van der Waals surface area contributed by atoms with Crippen LogP contribution in [0.25, 0.3) is 0 Å². The van der Waals surface area contributed by atoms with Gasteiger partial charge >= 0.3 is 5.97 Å². The van der Waals surface area contributed by atoms with E-state index in [-0.39, 0.29) is 25.7 Å². The van der Waals surface area contributed by atoms with E-state index in [2.05, 4.69) is 0 Å². The molecule has 24 heavy (non-hydrogen) atoms. The number of carboxylic acid groups (broad SMARTS) is 1. The molecule has 134 valence electrons. The van der Waals surface area contributed by atoms with Crippen molar-refractivity contribution < 1.29 is 27.1 Å². The number of carboxylic acids is 1. The van der Waals surface area contributed by atoms with E-state index in [4.69, 9.17) is 5.11 Å². The summed E-state index contributed by atoms with van der Waals surface area (Å²) in [4.78, 5) is 12.0. The van der Waals surface area contributed by atoms with Crippen molar-refractivity contribution in [1.82, 2.24) is 9.21 Å². The molecule has 1 fully saturated rings.